The number of carbonyl (C=O) groups excluding carboxylic acids is 1. The highest BCUT2D eigenvalue weighted by Gasteiger charge is 2.45. The molecule has 0 spiro atoms. The Morgan fingerprint density at radius 3 is 2.71 bits per heavy atom. The third-order valence-electron chi connectivity index (χ3n) is 5.77. The van der Waals surface area contributed by atoms with Gasteiger partial charge in [-0.1, -0.05) is 32.9 Å². The first kappa shape index (κ1) is 14.6. The molecule has 0 aliphatic heterocycles. The van der Waals surface area contributed by atoms with Crippen LogP contribution in [-0.2, 0) is 16.6 Å². The van der Waals surface area contributed by atoms with Crippen LogP contribution in [0.4, 0.5) is 0 Å². The van der Waals surface area contributed by atoms with Gasteiger partial charge in [0.05, 0.1) is 7.11 Å². The summed E-state index contributed by atoms with van der Waals surface area (Å²) in [6.45, 7) is 6.80. The van der Waals surface area contributed by atoms with E-state index in [1.165, 1.54) is 16.7 Å². The average Bonchev–Trinajstić information content (AvgIpc) is 2.46. The highest BCUT2D eigenvalue weighted by atomic mass is 16.5. The van der Waals surface area contributed by atoms with E-state index in [4.69, 9.17) is 4.74 Å². The van der Waals surface area contributed by atoms with Gasteiger partial charge in [-0.3, -0.25) is 4.79 Å². The number of methoxy groups -OCH3 is 1. The Bertz CT molecular complexity index is 573. The molecule has 2 aliphatic rings. The number of rotatable bonds is 2. The maximum Gasteiger partial charge on any atom is 0.133 e. The Morgan fingerprint density at radius 1 is 1.29 bits per heavy atom. The van der Waals surface area contributed by atoms with E-state index < -0.39 is 0 Å². The molecule has 2 heteroatoms. The van der Waals surface area contributed by atoms with E-state index in [0.717, 1.165) is 37.9 Å². The second kappa shape index (κ2) is 5.15. The third kappa shape index (κ3) is 2.20. The predicted molar refractivity (Wildman–Crippen MR) is 85.1 cm³/mol. The molecule has 0 heterocycles. The highest BCUT2D eigenvalue weighted by Crippen LogP contribution is 2.51. The molecule has 0 aromatic heterocycles. The van der Waals surface area contributed by atoms with Gasteiger partial charge in [0.15, 0.2) is 0 Å². The smallest absolute Gasteiger partial charge is 0.133 e. The first-order valence-electron chi connectivity index (χ1n) is 8.19. The number of carbonyl (C=O) groups is 1. The van der Waals surface area contributed by atoms with Crippen molar-refractivity contribution in [2.45, 2.75) is 64.2 Å². The Balaban J connectivity index is 2.12. The molecule has 0 unspecified atom stereocenters. The van der Waals surface area contributed by atoms with Crippen LogP contribution in [0.5, 0.6) is 5.75 Å². The van der Waals surface area contributed by atoms with E-state index in [-0.39, 0.29) is 5.41 Å². The average molecular weight is 286 g/mol. The molecule has 114 valence electrons. The van der Waals surface area contributed by atoms with Crippen molar-refractivity contribution in [3.8, 4) is 5.75 Å². The standard InChI is InChI=1S/C19H26O2/c1-12(2)15-7-8-17-16(18(15)21-4)6-5-13-11-14(20)9-10-19(13,17)3/h7-8,12-13H,5-6,9-11H2,1-4H3/t13-,19-/m0/s1. The minimum atomic E-state index is 0.157. The van der Waals surface area contributed by atoms with Crippen molar-refractivity contribution in [2.75, 3.05) is 7.11 Å². The normalized spacial score (nSPS) is 28.2. The topological polar surface area (TPSA) is 26.3 Å². The number of ketones is 1. The van der Waals surface area contributed by atoms with E-state index >= 15 is 0 Å². The molecule has 1 aromatic carbocycles. The van der Waals surface area contributed by atoms with Crippen molar-refractivity contribution in [3.63, 3.8) is 0 Å². The van der Waals surface area contributed by atoms with Gasteiger partial charge in [-0.05, 0) is 53.2 Å². The maximum absolute atomic E-state index is 11.8. The van der Waals surface area contributed by atoms with Crippen LogP contribution in [0.1, 0.15) is 69.1 Å². The van der Waals surface area contributed by atoms with E-state index in [1.54, 1.807) is 7.11 Å². The van der Waals surface area contributed by atoms with Crippen molar-refractivity contribution >= 4 is 5.78 Å². The summed E-state index contributed by atoms with van der Waals surface area (Å²) in [5.74, 6) is 2.54. The monoisotopic (exact) mass is 286 g/mol. The van der Waals surface area contributed by atoms with Crippen LogP contribution in [0.3, 0.4) is 0 Å². The van der Waals surface area contributed by atoms with Gasteiger partial charge in [0.2, 0.25) is 0 Å². The van der Waals surface area contributed by atoms with E-state index in [9.17, 15) is 4.79 Å². The van der Waals surface area contributed by atoms with Crippen molar-refractivity contribution in [1.29, 1.82) is 0 Å². The zero-order valence-electron chi connectivity index (χ0n) is 13.7. The maximum atomic E-state index is 11.8. The lowest BCUT2D eigenvalue weighted by atomic mass is 9.58. The van der Waals surface area contributed by atoms with Crippen LogP contribution in [-0.4, -0.2) is 12.9 Å². The molecule has 21 heavy (non-hydrogen) atoms. The summed E-state index contributed by atoms with van der Waals surface area (Å²) in [7, 11) is 1.79. The molecule has 0 radical (unpaired) electrons. The van der Waals surface area contributed by atoms with Gasteiger partial charge in [0.25, 0.3) is 0 Å². The first-order chi connectivity index (χ1) is 9.97. The van der Waals surface area contributed by atoms with E-state index in [2.05, 4.69) is 32.9 Å². The van der Waals surface area contributed by atoms with Crippen LogP contribution >= 0.6 is 0 Å². The van der Waals surface area contributed by atoms with Crippen molar-refractivity contribution < 1.29 is 9.53 Å². The van der Waals surface area contributed by atoms with Crippen LogP contribution in [0.2, 0.25) is 0 Å². The van der Waals surface area contributed by atoms with Gasteiger partial charge in [-0.15, -0.1) is 0 Å². The van der Waals surface area contributed by atoms with E-state index in [0.29, 0.717) is 17.6 Å². The molecule has 2 aliphatic carbocycles. The second-order valence-corrected chi connectivity index (χ2v) is 7.26. The Kier molecular flexibility index (Phi) is 3.59. The second-order valence-electron chi connectivity index (χ2n) is 7.26. The molecule has 0 N–H and O–H groups in total. The molecule has 1 saturated carbocycles. The lowest BCUT2D eigenvalue weighted by Crippen LogP contribution is -2.42. The molecule has 3 rings (SSSR count). The quantitative estimate of drug-likeness (QED) is 0.806. The summed E-state index contributed by atoms with van der Waals surface area (Å²) in [5.41, 5.74) is 4.30. The van der Waals surface area contributed by atoms with Crippen LogP contribution in [0.25, 0.3) is 0 Å². The van der Waals surface area contributed by atoms with Crippen molar-refractivity contribution in [1.82, 2.24) is 0 Å². The molecule has 1 fully saturated rings. The molecule has 2 nitrogen and oxygen atoms in total. The van der Waals surface area contributed by atoms with Gasteiger partial charge >= 0.3 is 0 Å². The van der Waals surface area contributed by atoms with Gasteiger partial charge in [-0.2, -0.15) is 0 Å². The zero-order valence-corrected chi connectivity index (χ0v) is 13.7. The first-order valence-corrected chi connectivity index (χ1v) is 8.19. The van der Waals surface area contributed by atoms with Crippen LogP contribution < -0.4 is 4.74 Å². The fourth-order valence-corrected chi connectivity index (χ4v) is 4.42. The minimum absolute atomic E-state index is 0.157. The molecule has 0 amide bonds. The zero-order chi connectivity index (χ0) is 15.2. The van der Waals surface area contributed by atoms with Gasteiger partial charge in [-0.25, -0.2) is 0 Å². The van der Waals surface area contributed by atoms with Gasteiger partial charge in [0.1, 0.15) is 11.5 Å². The Morgan fingerprint density at radius 2 is 2.05 bits per heavy atom. The van der Waals surface area contributed by atoms with Gasteiger partial charge < -0.3 is 4.74 Å². The predicted octanol–water partition coefficient (Wildman–Crippen LogP) is 4.39. The Labute approximate surface area is 127 Å². The fraction of sp³-hybridized carbons (Fsp3) is 0.632. The number of hydrogen-bond acceptors (Lipinski definition) is 2. The molecular formula is C19H26O2. The SMILES string of the molecule is COc1c(C(C)C)ccc2c1CC[C@H]1CC(=O)CC[C@]21C. The van der Waals surface area contributed by atoms with Crippen molar-refractivity contribution in [3.05, 3.63) is 28.8 Å². The molecule has 0 bridgehead atoms. The number of Topliss-reactive ketones (excluding diaryl/α,β-unsaturated/α-hetero) is 1. The number of benzene rings is 1. The summed E-state index contributed by atoms with van der Waals surface area (Å²) < 4.78 is 5.78. The lowest BCUT2D eigenvalue weighted by Gasteiger charge is -2.46. The summed E-state index contributed by atoms with van der Waals surface area (Å²) in [5, 5.41) is 0. The molecule has 1 aromatic rings. The van der Waals surface area contributed by atoms with Crippen LogP contribution in [0, 0.1) is 5.92 Å². The molecular weight excluding hydrogens is 260 g/mol. The number of fused-ring (bicyclic) bond motifs is 3. The summed E-state index contributed by atoms with van der Waals surface area (Å²) in [4.78, 5) is 11.8. The summed E-state index contributed by atoms with van der Waals surface area (Å²) in [6.07, 6.45) is 4.66. The summed E-state index contributed by atoms with van der Waals surface area (Å²) >= 11 is 0. The minimum Gasteiger partial charge on any atom is -0.496 e. The largest absolute Gasteiger partial charge is 0.496 e. The fourth-order valence-electron chi connectivity index (χ4n) is 4.42. The number of ether oxygens (including phenoxy) is 1. The van der Waals surface area contributed by atoms with E-state index in [1.807, 2.05) is 0 Å². The van der Waals surface area contributed by atoms with Crippen molar-refractivity contribution in [2.24, 2.45) is 5.92 Å². The van der Waals surface area contributed by atoms with Gasteiger partial charge in [0, 0.05) is 12.8 Å². The Hall–Kier alpha value is -1.31. The third-order valence-corrected chi connectivity index (χ3v) is 5.77. The highest BCUT2D eigenvalue weighted by molar-refractivity contribution is 5.80. The van der Waals surface area contributed by atoms with Crippen LogP contribution in [0.15, 0.2) is 12.1 Å². The number of hydrogen-bond donors (Lipinski definition) is 0. The lowest BCUT2D eigenvalue weighted by molar-refractivity contribution is -0.123. The molecule has 2 atom stereocenters. The molecule has 0 saturated heterocycles. The summed E-state index contributed by atoms with van der Waals surface area (Å²) in [6, 6.07) is 4.56.